The van der Waals surface area contributed by atoms with Gasteiger partial charge in [-0.1, -0.05) is 39.8 Å². The predicted octanol–water partition coefficient (Wildman–Crippen LogP) is 2.63. The summed E-state index contributed by atoms with van der Waals surface area (Å²) in [6.07, 6.45) is 0.992. The molecule has 1 rings (SSSR count). The molecule has 1 aromatic heterocycles. The third-order valence-corrected chi connectivity index (χ3v) is 2.70. The lowest BCUT2D eigenvalue weighted by Gasteiger charge is -2.23. The highest BCUT2D eigenvalue weighted by Crippen LogP contribution is 2.29. The normalized spacial score (nSPS) is 16.4. The van der Waals surface area contributed by atoms with Crippen LogP contribution in [0.25, 0.3) is 0 Å². The molecule has 2 atom stereocenters. The second-order valence-electron chi connectivity index (χ2n) is 5.14. The summed E-state index contributed by atoms with van der Waals surface area (Å²) in [6, 6.07) is -0.181. The second-order valence-corrected chi connectivity index (χ2v) is 5.14. The molecule has 0 radical (unpaired) electrons. The van der Waals surface area contributed by atoms with Gasteiger partial charge in [-0.3, -0.25) is 0 Å². The highest BCUT2D eigenvalue weighted by Gasteiger charge is 2.27. The van der Waals surface area contributed by atoms with Crippen molar-refractivity contribution in [3.8, 4) is 0 Å². The van der Waals surface area contributed by atoms with Crippen LogP contribution >= 0.6 is 0 Å². The number of rotatable bonds is 3. The first-order valence-corrected chi connectivity index (χ1v) is 5.45. The monoisotopic (exact) mass is 211 g/mol. The van der Waals surface area contributed by atoms with E-state index in [-0.39, 0.29) is 11.5 Å². The van der Waals surface area contributed by atoms with E-state index in [1.54, 1.807) is 0 Å². The maximum Gasteiger partial charge on any atom is 0.229 e. The van der Waals surface area contributed by atoms with Crippen molar-refractivity contribution in [1.82, 2.24) is 10.1 Å². The van der Waals surface area contributed by atoms with Crippen LogP contribution in [0.1, 0.15) is 64.7 Å². The van der Waals surface area contributed by atoms with Crippen LogP contribution in [0.3, 0.4) is 0 Å². The third-order valence-electron chi connectivity index (χ3n) is 2.70. The minimum Gasteiger partial charge on any atom is -0.339 e. The lowest BCUT2D eigenvalue weighted by molar-refractivity contribution is 0.298. The summed E-state index contributed by atoms with van der Waals surface area (Å²) in [6.45, 7) is 10.4. The summed E-state index contributed by atoms with van der Waals surface area (Å²) in [5, 5.41) is 3.94. The van der Waals surface area contributed by atoms with Gasteiger partial charge in [0.2, 0.25) is 5.89 Å². The van der Waals surface area contributed by atoms with Gasteiger partial charge in [0.15, 0.2) is 5.82 Å². The minimum absolute atomic E-state index is 0.0450. The van der Waals surface area contributed by atoms with Gasteiger partial charge in [-0.05, 0) is 11.8 Å². The average Bonchev–Trinajstić information content (AvgIpc) is 2.62. The van der Waals surface area contributed by atoms with Gasteiger partial charge in [-0.15, -0.1) is 0 Å². The van der Waals surface area contributed by atoms with Crippen LogP contribution in [0.4, 0.5) is 0 Å². The molecule has 0 saturated heterocycles. The van der Waals surface area contributed by atoms with E-state index in [0.29, 0.717) is 17.6 Å². The minimum atomic E-state index is -0.181. The Morgan fingerprint density at radius 1 is 1.40 bits per heavy atom. The van der Waals surface area contributed by atoms with Crippen molar-refractivity contribution in [1.29, 1.82) is 0 Å². The molecule has 4 nitrogen and oxygen atoms in total. The Morgan fingerprint density at radius 2 is 2.00 bits per heavy atom. The Labute approximate surface area is 91.2 Å². The van der Waals surface area contributed by atoms with Gasteiger partial charge in [-0.25, -0.2) is 0 Å². The first kappa shape index (κ1) is 12.2. The molecule has 0 spiro atoms. The van der Waals surface area contributed by atoms with Crippen molar-refractivity contribution in [2.24, 2.45) is 11.1 Å². The van der Waals surface area contributed by atoms with Crippen LogP contribution < -0.4 is 5.73 Å². The van der Waals surface area contributed by atoms with Crippen molar-refractivity contribution in [2.75, 3.05) is 0 Å². The third kappa shape index (κ3) is 2.78. The highest BCUT2D eigenvalue weighted by atomic mass is 16.5. The predicted molar refractivity (Wildman–Crippen MR) is 59.4 cm³/mol. The van der Waals surface area contributed by atoms with Crippen LogP contribution in [0.5, 0.6) is 0 Å². The molecule has 4 heteroatoms. The molecule has 0 bridgehead atoms. The fourth-order valence-corrected chi connectivity index (χ4v) is 1.14. The van der Waals surface area contributed by atoms with E-state index in [1.807, 2.05) is 0 Å². The highest BCUT2D eigenvalue weighted by molar-refractivity contribution is 5.00. The molecule has 0 aliphatic heterocycles. The average molecular weight is 211 g/mol. The van der Waals surface area contributed by atoms with E-state index < -0.39 is 0 Å². The molecular formula is C11H21N3O. The molecule has 0 aromatic carbocycles. The fourth-order valence-electron chi connectivity index (χ4n) is 1.14. The molecule has 0 aliphatic carbocycles. The standard InChI is InChI=1S/C11H21N3O/c1-6-7(2)10-13-9(14-15-10)8(12)11(3,4)5/h7-8H,6,12H2,1-5H3. The molecular weight excluding hydrogens is 190 g/mol. The van der Waals surface area contributed by atoms with Crippen LogP contribution in [0.2, 0.25) is 0 Å². The first-order chi connectivity index (χ1) is 6.86. The van der Waals surface area contributed by atoms with Gasteiger partial charge < -0.3 is 10.3 Å². The SMILES string of the molecule is CCC(C)c1nc(C(N)C(C)(C)C)no1. The van der Waals surface area contributed by atoms with E-state index in [0.717, 1.165) is 6.42 Å². The molecule has 1 aromatic rings. The first-order valence-electron chi connectivity index (χ1n) is 5.45. The van der Waals surface area contributed by atoms with E-state index >= 15 is 0 Å². The molecule has 15 heavy (non-hydrogen) atoms. The van der Waals surface area contributed by atoms with Crippen LogP contribution in [0, 0.1) is 5.41 Å². The van der Waals surface area contributed by atoms with Crippen LogP contribution in [-0.4, -0.2) is 10.1 Å². The number of aromatic nitrogens is 2. The number of hydrogen-bond acceptors (Lipinski definition) is 4. The van der Waals surface area contributed by atoms with Gasteiger partial charge >= 0.3 is 0 Å². The van der Waals surface area contributed by atoms with Gasteiger partial charge in [0, 0.05) is 5.92 Å². The second kappa shape index (κ2) is 4.31. The quantitative estimate of drug-likeness (QED) is 0.834. The molecule has 0 aliphatic rings. The number of nitrogens with zero attached hydrogens (tertiary/aromatic N) is 2. The largest absolute Gasteiger partial charge is 0.339 e. The van der Waals surface area contributed by atoms with Crippen molar-refractivity contribution >= 4 is 0 Å². The molecule has 86 valence electrons. The van der Waals surface area contributed by atoms with Crippen molar-refractivity contribution in [3.05, 3.63) is 11.7 Å². The lowest BCUT2D eigenvalue weighted by atomic mass is 9.87. The van der Waals surface area contributed by atoms with Crippen molar-refractivity contribution in [2.45, 2.75) is 53.0 Å². The van der Waals surface area contributed by atoms with E-state index in [4.69, 9.17) is 10.3 Å². The summed E-state index contributed by atoms with van der Waals surface area (Å²) in [5.74, 6) is 1.60. The number of hydrogen-bond donors (Lipinski definition) is 1. The van der Waals surface area contributed by atoms with Gasteiger partial charge in [0.05, 0.1) is 6.04 Å². The number of nitrogens with two attached hydrogens (primary N) is 1. The summed E-state index contributed by atoms with van der Waals surface area (Å²) in [4.78, 5) is 4.34. The zero-order valence-corrected chi connectivity index (χ0v) is 10.2. The van der Waals surface area contributed by atoms with Gasteiger partial charge in [-0.2, -0.15) is 4.98 Å². The van der Waals surface area contributed by atoms with E-state index in [1.165, 1.54) is 0 Å². The fraction of sp³-hybridized carbons (Fsp3) is 0.818. The van der Waals surface area contributed by atoms with Crippen LogP contribution in [0.15, 0.2) is 4.52 Å². The maximum absolute atomic E-state index is 6.04. The lowest BCUT2D eigenvalue weighted by Crippen LogP contribution is -2.27. The Kier molecular flexibility index (Phi) is 3.50. The van der Waals surface area contributed by atoms with Gasteiger partial charge in [0.1, 0.15) is 0 Å². The summed E-state index contributed by atoms with van der Waals surface area (Å²) in [5.41, 5.74) is 6.00. The van der Waals surface area contributed by atoms with E-state index in [9.17, 15) is 0 Å². The molecule has 0 saturated carbocycles. The van der Waals surface area contributed by atoms with E-state index in [2.05, 4.69) is 44.8 Å². The zero-order valence-electron chi connectivity index (χ0n) is 10.2. The Hall–Kier alpha value is -0.900. The zero-order chi connectivity index (χ0) is 11.6. The molecule has 2 N–H and O–H groups in total. The smallest absolute Gasteiger partial charge is 0.229 e. The topological polar surface area (TPSA) is 64.9 Å². The van der Waals surface area contributed by atoms with Crippen molar-refractivity contribution < 1.29 is 4.52 Å². The molecule has 2 unspecified atom stereocenters. The Morgan fingerprint density at radius 3 is 2.47 bits per heavy atom. The molecule has 0 amide bonds. The maximum atomic E-state index is 6.04. The van der Waals surface area contributed by atoms with Crippen LogP contribution in [-0.2, 0) is 0 Å². The summed E-state index contributed by atoms with van der Waals surface area (Å²) < 4.78 is 5.19. The Bertz CT molecular complexity index is 314. The molecule has 0 fully saturated rings. The van der Waals surface area contributed by atoms with Gasteiger partial charge in [0.25, 0.3) is 0 Å². The Balaban J connectivity index is 2.85. The summed E-state index contributed by atoms with van der Waals surface area (Å²) >= 11 is 0. The van der Waals surface area contributed by atoms with Crippen molar-refractivity contribution in [3.63, 3.8) is 0 Å². The summed E-state index contributed by atoms with van der Waals surface area (Å²) in [7, 11) is 0. The molecule has 1 heterocycles.